The standard InChI is InChI=1S/C28H22F5N5O3S/c1-18-9-11-22(12-10-18)42(40,41)38-15-20(23-6-2-3-8-25(23)38)13-36(27(39)28(31,32)33)16-21-17-37(35-34-21)14-19-5-4-7-24(29)26(19)30/h2-12,15,17H,13-14,16H2,1H3. The predicted octanol–water partition coefficient (Wildman–Crippen LogP) is 5.20. The highest BCUT2D eigenvalue weighted by atomic mass is 32.2. The largest absolute Gasteiger partial charge is 0.471 e. The fourth-order valence-corrected chi connectivity index (χ4v) is 5.87. The lowest BCUT2D eigenvalue weighted by Crippen LogP contribution is -2.40. The van der Waals surface area contributed by atoms with E-state index in [-0.39, 0.29) is 33.8 Å². The number of alkyl halides is 3. The minimum absolute atomic E-state index is 0.0185. The van der Waals surface area contributed by atoms with Crippen LogP contribution in [-0.2, 0) is 34.5 Å². The predicted molar refractivity (Wildman–Crippen MR) is 141 cm³/mol. The number of rotatable bonds is 8. The molecular formula is C28H22F5N5O3S. The molecule has 2 aromatic heterocycles. The van der Waals surface area contributed by atoms with Crippen LogP contribution in [0, 0.1) is 18.6 Å². The number of halogens is 5. The molecule has 0 aliphatic rings. The van der Waals surface area contributed by atoms with Gasteiger partial charge in [0.1, 0.15) is 5.69 Å². The average molecular weight is 604 g/mol. The van der Waals surface area contributed by atoms with Gasteiger partial charge in [-0.1, -0.05) is 53.2 Å². The first kappa shape index (κ1) is 28.9. The molecule has 8 nitrogen and oxygen atoms in total. The first-order valence-corrected chi connectivity index (χ1v) is 13.9. The van der Waals surface area contributed by atoms with Crippen LogP contribution in [-0.4, -0.2) is 44.4 Å². The second kappa shape index (κ2) is 11.0. The lowest BCUT2D eigenvalue weighted by atomic mass is 10.1. The van der Waals surface area contributed by atoms with Gasteiger partial charge in [-0.3, -0.25) is 4.79 Å². The molecule has 0 atom stereocenters. The summed E-state index contributed by atoms with van der Waals surface area (Å²) in [5.74, 6) is -4.34. The number of hydrogen-bond acceptors (Lipinski definition) is 5. The van der Waals surface area contributed by atoms with Gasteiger partial charge in [0.2, 0.25) is 0 Å². The van der Waals surface area contributed by atoms with Crippen molar-refractivity contribution < 1.29 is 35.2 Å². The minimum atomic E-state index is -5.24. The van der Waals surface area contributed by atoms with Crippen molar-refractivity contribution in [3.8, 4) is 0 Å². The summed E-state index contributed by atoms with van der Waals surface area (Å²) in [6.45, 7) is 0.285. The summed E-state index contributed by atoms with van der Waals surface area (Å²) in [5, 5.41) is 7.89. The summed E-state index contributed by atoms with van der Waals surface area (Å²) >= 11 is 0. The van der Waals surface area contributed by atoms with Crippen molar-refractivity contribution in [1.82, 2.24) is 23.9 Å². The molecule has 0 saturated carbocycles. The van der Waals surface area contributed by atoms with Crippen molar-refractivity contribution in [1.29, 1.82) is 0 Å². The third-order valence-corrected chi connectivity index (χ3v) is 8.22. The van der Waals surface area contributed by atoms with Crippen LogP contribution in [0.25, 0.3) is 10.9 Å². The molecule has 14 heteroatoms. The highest BCUT2D eigenvalue weighted by molar-refractivity contribution is 7.90. The smallest absolute Gasteiger partial charge is 0.324 e. The van der Waals surface area contributed by atoms with Gasteiger partial charge in [-0.2, -0.15) is 13.2 Å². The molecule has 1 amide bonds. The Balaban J connectivity index is 1.48. The fourth-order valence-electron chi connectivity index (χ4n) is 4.48. The molecule has 5 aromatic rings. The Bertz CT molecular complexity index is 1880. The summed E-state index contributed by atoms with van der Waals surface area (Å²) < 4.78 is 97.5. The highest BCUT2D eigenvalue weighted by Gasteiger charge is 2.43. The van der Waals surface area contributed by atoms with Crippen LogP contribution in [0.1, 0.15) is 22.4 Å². The zero-order valence-corrected chi connectivity index (χ0v) is 22.7. The van der Waals surface area contributed by atoms with E-state index in [1.165, 1.54) is 42.7 Å². The molecule has 0 bridgehead atoms. The molecule has 0 fully saturated rings. The Morgan fingerprint density at radius 1 is 0.905 bits per heavy atom. The SMILES string of the molecule is Cc1ccc(S(=O)(=O)n2cc(CN(Cc3cn(Cc4cccc(F)c4F)nn3)C(=O)C(F)(F)F)c3ccccc32)cc1. The van der Waals surface area contributed by atoms with Gasteiger partial charge in [-0.15, -0.1) is 5.10 Å². The first-order valence-electron chi connectivity index (χ1n) is 12.4. The van der Waals surface area contributed by atoms with E-state index < -0.39 is 46.8 Å². The van der Waals surface area contributed by atoms with E-state index in [0.29, 0.717) is 10.3 Å². The number of carbonyl (C=O) groups excluding carboxylic acids is 1. The molecule has 42 heavy (non-hydrogen) atoms. The number of para-hydroxylation sites is 1. The van der Waals surface area contributed by atoms with Crippen molar-refractivity contribution in [3.63, 3.8) is 0 Å². The van der Waals surface area contributed by atoms with Gasteiger partial charge in [0.25, 0.3) is 10.0 Å². The molecule has 0 radical (unpaired) electrons. The summed E-state index contributed by atoms with van der Waals surface area (Å²) in [6.07, 6.45) is -2.83. The number of carbonyl (C=O) groups is 1. The second-order valence-electron chi connectivity index (χ2n) is 9.56. The molecule has 0 saturated heterocycles. The number of aryl methyl sites for hydroxylation is 1. The zero-order valence-electron chi connectivity index (χ0n) is 21.9. The topological polar surface area (TPSA) is 90.1 Å². The molecule has 0 N–H and O–H groups in total. The number of fused-ring (bicyclic) bond motifs is 1. The van der Waals surface area contributed by atoms with Gasteiger partial charge >= 0.3 is 12.1 Å². The molecule has 0 aliphatic heterocycles. The molecule has 5 rings (SSSR count). The van der Waals surface area contributed by atoms with Crippen LogP contribution in [0.3, 0.4) is 0 Å². The average Bonchev–Trinajstić information content (AvgIpc) is 3.55. The minimum Gasteiger partial charge on any atom is -0.324 e. The Labute approximate surface area is 236 Å². The van der Waals surface area contributed by atoms with Gasteiger partial charge < -0.3 is 4.90 Å². The van der Waals surface area contributed by atoms with E-state index in [1.807, 2.05) is 0 Å². The fraction of sp³-hybridized carbons (Fsp3) is 0.179. The molecular weight excluding hydrogens is 581 g/mol. The van der Waals surface area contributed by atoms with Crippen molar-refractivity contribution in [2.75, 3.05) is 0 Å². The Morgan fingerprint density at radius 3 is 2.33 bits per heavy atom. The molecule has 0 spiro atoms. The van der Waals surface area contributed by atoms with Crippen LogP contribution in [0.2, 0.25) is 0 Å². The van der Waals surface area contributed by atoms with Crippen molar-refractivity contribution >= 4 is 26.8 Å². The van der Waals surface area contributed by atoms with Crippen molar-refractivity contribution in [3.05, 3.63) is 113 Å². The molecule has 3 aromatic carbocycles. The van der Waals surface area contributed by atoms with E-state index >= 15 is 0 Å². The van der Waals surface area contributed by atoms with Gasteiger partial charge in [0, 0.05) is 23.7 Å². The Morgan fingerprint density at radius 2 is 1.62 bits per heavy atom. The Kier molecular flexibility index (Phi) is 7.58. The number of benzene rings is 3. The summed E-state index contributed by atoms with van der Waals surface area (Å²) in [7, 11) is -4.13. The second-order valence-corrected chi connectivity index (χ2v) is 11.4. The van der Waals surface area contributed by atoms with Gasteiger partial charge in [-0.25, -0.2) is 25.9 Å². The number of amides is 1. The maximum absolute atomic E-state index is 14.1. The maximum Gasteiger partial charge on any atom is 0.471 e. The van der Waals surface area contributed by atoms with Crippen LogP contribution < -0.4 is 0 Å². The number of hydrogen-bond donors (Lipinski definition) is 0. The zero-order chi connectivity index (χ0) is 30.2. The number of nitrogens with zero attached hydrogens (tertiary/aromatic N) is 5. The quantitative estimate of drug-likeness (QED) is 0.228. The van der Waals surface area contributed by atoms with Crippen LogP contribution in [0.5, 0.6) is 0 Å². The highest BCUT2D eigenvalue weighted by Crippen LogP contribution is 2.29. The maximum atomic E-state index is 14.1. The number of aromatic nitrogens is 4. The molecule has 0 unspecified atom stereocenters. The summed E-state index contributed by atoms with van der Waals surface area (Å²) in [4.78, 5) is 12.9. The van der Waals surface area contributed by atoms with Gasteiger partial charge in [-0.05, 0) is 36.8 Å². The molecule has 0 aliphatic carbocycles. The lowest BCUT2D eigenvalue weighted by Gasteiger charge is -2.22. The summed E-state index contributed by atoms with van der Waals surface area (Å²) in [6, 6.07) is 15.9. The van der Waals surface area contributed by atoms with E-state index in [9.17, 15) is 35.2 Å². The third-order valence-electron chi connectivity index (χ3n) is 6.53. The molecule has 218 valence electrons. The van der Waals surface area contributed by atoms with Crippen LogP contribution in [0.4, 0.5) is 22.0 Å². The monoisotopic (exact) mass is 603 g/mol. The Hall–Kier alpha value is -4.59. The third kappa shape index (κ3) is 5.75. The van der Waals surface area contributed by atoms with Gasteiger partial charge in [0.15, 0.2) is 11.6 Å². The lowest BCUT2D eigenvalue weighted by molar-refractivity contribution is -0.186. The molecule has 2 heterocycles. The van der Waals surface area contributed by atoms with E-state index in [0.717, 1.165) is 20.3 Å². The van der Waals surface area contributed by atoms with Crippen LogP contribution in [0.15, 0.2) is 84.0 Å². The summed E-state index contributed by atoms with van der Waals surface area (Å²) in [5.41, 5.74) is 1.09. The van der Waals surface area contributed by atoms with Crippen LogP contribution >= 0.6 is 0 Å². The first-order chi connectivity index (χ1) is 19.8. The van der Waals surface area contributed by atoms with Gasteiger partial charge in [0.05, 0.1) is 29.7 Å². The van der Waals surface area contributed by atoms with Crippen molar-refractivity contribution in [2.45, 2.75) is 37.6 Å². The van der Waals surface area contributed by atoms with Crippen molar-refractivity contribution in [2.24, 2.45) is 0 Å². The van der Waals surface area contributed by atoms with E-state index in [4.69, 9.17) is 0 Å². The van der Waals surface area contributed by atoms with E-state index in [2.05, 4.69) is 10.3 Å². The van der Waals surface area contributed by atoms with E-state index in [1.54, 1.807) is 37.3 Å². The normalized spacial score (nSPS) is 12.1.